The van der Waals surface area contributed by atoms with Gasteiger partial charge in [0.05, 0.1) is 14.2 Å². The molecule has 1 aliphatic rings. The minimum atomic E-state index is -3.99. The van der Waals surface area contributed by atoms with Crippen molar-refractivity contribution in [1.82, 2.24) is 0 Å². The molecule has 0 bridgehead atoms. The zero-order chi connectivity index (χ0) is 21.9. The molecule has 0 amide bonds. The Hall–Kier alpha value is -2.39. The summed E-state index contributed by atoms with van der Waals surface area (Å²) in [5, 5.41) is 0. The van der Waals surface area contributed by atoms with Gasteiger partial charge in [-0.25, -0.2) is 0 Å². The topological polar surface area (TPSA) is 69.7 Å². The van der Waals surface area contributed by atoms with Gasteiger partial charge in [0, 0.05) is 11.2 Å². The van der Waals surface area contributed by atoms with Gasteiger partial charge < -0.3 is 14.0 Å². The third-order valence-electron chi connectivity index (χ3n) is 6.03. The van der Waals surface area contributed by atoms with Crippen molar-refractivity contribution in [3.8, 4) is 11.5 Å². The fourth-order valence-corrected chi connectivity index (χ4v) is 7.59. The molecule has 2 aromatic rings. The Morgan fingerprint density at radius 1 is 0.800 bits per heavy atom. The van der Waals surface area contributed by atoms with Crippen molar-refractivity contribution in [1.29, 1.82) is 0 Å². The Kier molecular flexibility index (Phi) is 6.82. The number of carbonyl (C=O) groups is 2. The molecular formula is C24H29O5P. The second-order valence-electron chi connectivity index (χ2n) is 7.86. The Bertz CT molecular complexity index is 962. The van der Waals surface area contributed by atoms with Crippen LogP contribution in [0.3, 0.4) is 0 Å². The maximum atomic E-state index is 14.6. The van der Waals surface area contributed by atoms with Gasteiger partial charge in [-0.15, -0.1) is 0 Å². The van der Waals surface area contributed by atoms with Crippen LogP contribution in [0.25, 0.3) is 0 Å². The number of methoxy groups -OCH3 is 2. The van der Waals surface area contributed by atoms with Gasteiger partial charge in [0.2, 0.25) is 18.2 Å². The van der Waals surface area contributed by atoms with Crippen LogP contribution in [0, 0.1) is 13.8 Å². The van der Waals surface area contributed by atoms with E-state index in [1.165, 1.54) is 14.2 Å². The molecule has 1 unspecified atom stereocenters. The average Bonchev–Trinajstić information content (AvgIpc) is 2.77. The second-order valence-corrected chi connectivity index (χ2v) is 10.7. The molecule has 5 nitrogen and oxygen atoms in total. The molecule has 160 valence electrons. The van der Waals surface area contributed by atoms with Crippen molar-refractivity contribution >= 4 is 18.2 Å². The third kappa shape index (κ3) is 3.83. The van der Waals surface area contributed by atoms with Crippen LogP contribution in [0.15, 0.2) is 36.4 Å². The van der Waals surface area contributed by atoms with E-state index in [0.29, 0.717) is 18.4 Å². The number of rotatable bonds is 7. The monoisotopic (exact) mass is 428 g/mol. The molecule has 1 aliphatic carbocycles. The number of carbonyl (C=O) groups excluding carboxylic acids is 2. The number of hydrogen-bond acceptors (Lipinski definition) is 5. The summed E-state index contributed by atoms with van der Waals surface area (Å²) in [6, 6.07) is 10.5. The molecular weight excluding hydrogens is 399 g/mol. The lowest BCUT2D eigenvalue weighted by Crippen LogP contribution is -2.25. The van der Waals surface area contributed by atoms with Gasteiger partial charge in [-0.3, -0.25) is 9.59 Å². The van der Waals surface area contributed by atoms with E-state index >= 15 is 0 Å². The lowest BCUT2D eigenvalue weighted by atomic mass is 10.0. The molecule has 0 aliphatic heterocycles. The van der Waals surface area contributed by atoms with Crippen molar-refractivity contribution < 1.29 is 23.6 Å². The molecule has 3 rings (SSSR count). The van der Waals surface area contributed by atoms with Gasteiger partial charge in [0.25, 0.3) is 0 Å². The van der Waals surface area contributed by atoms with Gasteiger partial charge in [-0.2, -0.15) is 0 Å². The largest absolute Gasteiger partial charge is 0.496 e. The summed E-state index contributed by atoms with van der Waals surface area (Å²) < 4.78 is 25.4. The van der Waals surface area contributed by atoms with Crippen LogP contribution in [0.2, 0.25) is 0 Å². The smallest absolute Gasteiger partial charge is 0.236 e. The summed E-state index contributed by atoms with van der Waals surface area (Å²) in [4.78, 5) is 27.8. The van der Waals surface area contributed by atoms with E-state index in [0.717, 1.165) is 30.4 Å². The quantitative estimate of drug-likeness (QED) is 0.506. The number of hydrogen-bond donors (Lipinski definition) is 0. The number of ether oxygens (including phenoxy) is 2. The maximum absolute atomic E-state index is 14.6. The third-order valence-corrected chi connectivity index (χ3v) is 9.23. The van der Waals surface area contributed by atoms with Gasteiger partial charge in [-0.05, 0) is 49.9 Å². The van der Waals surface area contributed by atoms with E-state index in [9.17, 15) is 14.2 Å². The highest BCUT2D eigenvalue weighted by molar-refractivity contribution is 7.96. The Morgan fingerprint density at radius 3 is 1.77 bits per heavy atom. The van der Waals surface area contributed by atoms with Gasteiger partial charge >= 0.3 is 0 Å². The lowest BCUT2D eigenvalue weighted by Gasteiger charge is -2.30. The van der Waals surface area contributed by atoms with Gasteiger partial charge in [0.15, 0.2) is 0 Å². The molecule has 30 heavy (non-hydrogen) atoms. The Morgan fingerprint density at radius 2 is 1.27 bits per heavy atom. The van der Waals surface area contributed by atoms with E-state index in [4.69, 9.17) is 9.47 Å². The summed E-state index contributed by atoms with van der Waals surface area (Å²) in [6.45, 7) is 3.64. The van der Waals surface area contributed by atoms with E-state index in [1.54, 1.807) is 18.2 Å². The van der Waals surface area contributed by atoms with E-state index in [1.807, 2.05) is 32.0 Å². The first kappa shape index (κ1) is 22.3. The summed E-state index contributed by atoms with van der Waals surface area (Å²) in [5.41, 5.74) is 0.301. The van der Waals surface area contributed by atoms with E-state index in [2.05, 4.69) is 0 Å². The average molecular weight is 428 g/mol. The minimum absolute atomic E-state index is 0.0935. The predicted octanol–water partition coefficient (Wildman–Crippen LogP) is 6.00. The van der Waals surface area contributed by atoms with Crippen molar-refractivity contribution in [2.24, 2.45) is 0 Å². The number of benzene rings is 2. The van der Waals surface area contributed by atoms with Crippen LogP contribution in [-0.4, -0.2) is 30.9 Å². The standard InChI is InChI=1S/C24H29O5P/c1-16-10-8-11-17(2)21(16)23(25)30(27,18-12-6-5-7-13-18)24(26)22-19(28-3)14-9-15-20(22)29-4/h8-11,14-15,18H,5-7,12-13H2,1-4H3. The predicted molar refractivity (Wildman–Crippen MR) is 119 cm³/mol. The molecule has 0 heterocycles. The highest BCUT2D eigenvalue weighted by Crippen LogP contribution is 2.61. The summed E-state index contributed by atoms with van der Waals surface area (Å²) >= 11 is 0. The second kappa shape index (κ2) is 9.18. The molecule has 0 radical (unpaired) electrons. The highest BCUT2D eigenvalue weighted by atomic mass is 31.2. The molecule has 0 aromatic heterocycles. The van der Waals surface area contributed by atoms with E-state index < -0.39 is 23.8 Å². The summed E-state index contributed by atoms with van der Waals surface area (Å²) in [6.07, 6.45) is 3.98. The van der Waals surface area contributed by atoms with Crippen molar-refractivity contribution in [3.63, 3.8) is 0 Å². The van der Waals surface area contributed by atoms with E-state index in [-0.39, 0.29) is 17.1 Å². The molecule has 0 saturated heterocycles. The van der Waals surface area contributed by atoms with Crippen molar-refractivity contribution in [3.05, 3.63) is 58.7 Å². The summed E-state index contributed by atoms with van der Waals surface area (Å²) in [5.74, 6) is 0.536. The molecule has 0 spiro atoms. The van der Waals surface area contributed by atoms with Crippen LogP contribution in [0.1, 0.15) is 63.9 Å². The van der Waals surface area contributed by atoms with Crippen LogP contribution < -0.4 is 9.47 Å². The molecule has 6 heteroatoms. The van der Waals surface area contributed by atoms with Crippen LogP contribution in [-0.2, 0) is 4.57 Å². The SMILES string of the molecule is COc1cccc(OC)c1C(=O)P(=O)(C(=O)c1c(C)cccc1C)C1CCCCC1. The van der Waals surface area contributed by atoms with Crippen molar-refractivity contribution in [2.75, 3.05) is 14.2 Å². The Balaban J connectivity index is 2.23. The van der Waals surface area contributed by atoms with Crippen LogP contribution >= 0.6 is 7.14 Å². The van der Waals surface area contributed by atoms with Gasteiger partial charge in [-0.1, -0.05) is 43.5 Å². The molecule has 1 saturated carbocycles. The first-order valence-electron chi connectivity index (χ1n) is 10.3. The fourth-order valence-electron chi connectivity index (χ4n) is 4.41. The first-order valence-corrected chi connectivity index (χ1v) is 12.1. The Labute approximate surface area is 178 Å². The number of aryl methyl sites for hydroxylation is 2. The van der Waals surface area contributed by atoms with Crippen LogP contribution in [0.5, 0.6) is 11.5 Å². The zero-order valence-electron chi connectivity index (χ0n) is 18.1. The molecule has 1 fully saturated rings. The minimum Gasteiger partial charge on any atom is -0.496 e. The first-order chi connectivity index (χ1) is 14.4. The van der Waals surface area contributed by atoms with Crippen LogP contribution in [0.4, 0.5) is 0 Å². The zero-order valence-corrected chi connectivity index (χ0v) is 19.0. The summed E-state index contributed by atoms with van der Waals surface area (Å²) in [7, 11) is -1.09. The fraction of sp³-hybridized carbons (Fsp3) is 0.417. The molecule has 2 aromatic carbocycles. The molecule has 1 atom stereocenters. The maximum Gasteiger partial charge on any atom is 0.236 e. The lowest BCUT2D eigenvalue weighted by molar-refractivity contribution is 0.103. The van der Waals surface area contributed by atoms with Crippen molar-refractivity contribution in [2.45, 2.75) is 51.6 Å². The highest BCUT2D eigenvalue weighted by Gasteiger charge is 2.49. The molecule has 0 N–H and O–H groups in total. The normalized spacial score (nSPS) is 16.5. The van der Waals surface area contributed by atoms with Gasteiger partial charge in [0.1, 0.15) is 17.1 Å².